The largest absolute Gasteiger partial charge is 0.352 e. The molecular formula is C15H22N2O3S. The highest BCUT2D eigenvalue weighted by molar-refractivity contribution is 7.89. The van der Waals surface area contributed by atoms with Gasteiger partial charge in [0, 0.05) is 6.54 Å². The Kier molecular flexibility index (Phi) is 5.69. The van der Waals surface area contributed by atoms with Crippen LogP contribution in [-0.4, -0.2) is 27.4 Å². The van der Waals surface area contributed by atoms with E-state index < -0.39 is 15.9 Å². The van der Waals surface area contributed by atoms with Crippen molar-refractivity contribution in [1.82, 2.24) is 10.0 Å². The van der Waals surface area contributed by atoms with Gasteiger partial charge in [-0.1, -0.05) is 39.0 Å². The lowest BCUT2D eigenvalue weighted by molar-refractivity contribution is -0.119. The molecule has 0 aliphatic rings. The van der Waals surface area contributed by atoms with E-state index in [-0.39, 0.29) is 16.9 Å². The molecule has 6 heteroatoms. The fraction of sp³-hybridized carbons (Fsp3) is 0.400. The lowest BCUT2D eigenvalue weighted by Gasteiger charge is -2.19. The quantitative estimate of drug-likeness (QED) is 0.783. The van der Waals surface area contributed by atoms with Gasteiger partial charge in [-0.3, -0.25) is 4.79 Å². The average Bonchev–Trinajstić information content (AvgIpc) is 2.42. The Morgan fingerprint density at radius 2 is 1.81 bits per heavy atom. The summed E-state index contributed by atoms with van der Waals surface area (Å²) < 4.78 is 26.4. The van der Waals surface area contributed by atoms with Gasteiger partial charge in [0.15, 0.2) is 0 Å². The summed E-state index contributed by atoms with van der Waals surface area (Å²) in [7, 11) is -3.68. The Bertz CT molecular complexity index is 599. The molecule has 1 amide bonds. The normalized spacial score (nSPS) is 12.0. The molecule has 116 valence electrons. The molecule has 0 saturated heterocycles. The van der Waals surface area contributed by atoms with Gasteiger partial charge in [0.1, 0.15) is 0 Å². The van der Waals surface area contributed by atoms with Crippen molar-refractivity contribution in [2.75, 3.05) is 13.1 Å². The highest BCUT2D eigenvalue weighted by atomic mass is 32.2. The molecular weight excluding hydrogens is 288 g/mol. The van der Waals surface area contributed by atoms with Gasteiger partial charge in [-0.2, -0.15) is 0 Å². The van der Waals surface area contributed by atoms with Crippen LogP contribution in [-0.2, 0) is 20.2 Å². The maximum absolute atomic E-state index is 12.1. The van der Waals surface area contributed by atoms with E-state index in [1.807, 2.05) is 0 Å². The van der Waals surface area contributed by atoms with E-state index in [9.17, 15) is 13.2 Å². The van der Waals surface area contributed by atoms with Crippen LogP contribution in [0.25, 0.3) is 0 Å². The highest BCUT2D eigenvalue weighted by Crippen LogP contribution is 2.23. The fourth-order valence-corrected chi connectivity index (χ4v) is 2.61. The van der Waals surface area contributed by atoms with Crippen molar-refractivity contribution in [2.45, 2.75) is 31.1 Å². The number of benzene rings is 1. The SMILES string of the molecule is C=CCNC(=O)CNS(=O)(=O)c1ccc(C(C)(C)C)cc1. The van der Waals surface area contributed by atoms with Crippen LogP contribution in [0, 0.1) is 0 Å². The third-order valence-electron chi connectivity index (χ3n) is 2.90. The van der Waals surface area contributed by atoms with Crippen LogP contribution in [0.1, 0.15) is 26.3 Å². The molecule has 0 aromatic heterocycles. The zero-order valence-corrected chi connectivity index (χ0v) is 13.5. The van der Waals surface area contributed by atoms with Crippen LogP contribution in [0.4, 0.5) is 0 Å². The summed E-state index contributed by atoms with van der Waals surface area (Å²) in [6.07, 6.45) is 1.53. The van der Waals surface area contributed by atoms with Crippen LogP contribution in [0.2, 0.25) is 0 Å². The minimum atomic E-state index is -3.68. The molecule has 0 aliphatic carbocycles. The molecule has 0 radical (unpaired) electrons. The number of hydrogen-bond acceptors (Lipinski definition) is 3. The number of hydrogen-bond donors (Lipinski definition) is 2. The monoisotopic (exact) mass is 310 g/mol. The first-order valence-corrected chi connectivity index (χ1v) is 8.13. The Labute approximate surface area is 126 Å². The van der Waals surface area contributed by atoms with E-state index in [4.69, 9.17) is 0 Å². The molecule has 1 rings (SSSR count). The highest BCUT2D eigenvalue weighted by Gasteiger charge is 2.18. The molecule has 0 spiro atoms. The van der Waals surface area contributed by atoms with Crippen molar-refractivity contribution in [1.29, 1.82) is 0 Å². The molecule has 0 bridgehead atoms. The van der Waals surface area contributed by atoms with Gasteiger partial charge < -0.3 is 5.32 Å². The van der Waals surface area contributed by atoms with Crippen LogP contribution < -0.4 is 10.0 Å². The van der Waals surface area contributed by atoms with Gasteiger partial charge >= 0.3 is 0 Å². The first kappa shape index (κ1) is 17.4. The number of amides is 1. The molecule has 0 aliphatic heterocycles. The second-order valence-electron chi connectivity index (χ2n) is 5.69. The second kappa shape index (κ2) is 6.87. The van der Waals surface area contributed by atoms with E-state index >= 15 is 0 Å². The Hall–Kier alpha value is -1.66. The minimum Gasteiger partial charge on any atom is -0.352 e. The maximum atomic E-state index is 12.1. The first-order chi connectivity index (χ1) is 9.66. The number of nitrogens with one attached hydrogen (secondary N) is 2. The van der Waals surface area contributed by atoms with Crippen LogP contribution in [0.15, 0.2) is 41.8 Å². The summed E-state index contributed by atoms with van der Waals surface area (Å²) in [5.74, 6) is -0.398. The van der Waals surface area contributed by atoms with Gasteiger partial charge in [0.05, 0.1) is 11.4 Å². The molecule has 2 N–H and O–H groups in total. The Morgan fingerprint density at radius 3 is 2.29 bits per heavy atom. The summed E-state index contributed by atoms with van der Waals surface area (Å²) >= 11 is 0. The number of carbonyl (C=O) groups excluding carboxylic acids is 1. The third-order valence-corrected chi connectivity index (χ3v) is 4.31. The third kappa shape index (κ3) is 5.32. The zero-order valence-electron chi connectivity index (χ0n) is 12.6. The molecule has 1 aromatic rings. The van der Waals surface area contributed by atoms with E-state index in [1.54, 1.807) is 24.3 Å². The van der Waals surface area contributed by atoms with Crippen LogP contribution in [0.3, 0.4) is 0 Å². The Balaban J connectivity index is 2.75. The number of sulfonamides is 1. The Morgan fingerprint density at radius 1 is 1.24 bits per heavy atom. The number of rotatable bonds is 6. The molecule has 0 fully saturated rings. The van der Waals surface area contributed by atoms with Crippen molar-refractivity contribution in [2.24, 2.45) is 0 Å². The lowest BCUT2D eigenvalue weighted by Crippen LogP contribution is -2.36. The molecule has 0 unspecified atom stereocenters. The average molecular weight is 310 g/mol. The first-order valence-electron chi connectivity index (χ1n) is 6.64. The van der Waals surface area contributed by atoms with Crippen molar-refractivity contribution in [3.05, 3.63) is 42.5 Å². The smallest absolute Gasteiger partial charge is 0.241 e. The lowest BCUT2D eigenvalue weighted by atomic mass is 9.87. The van der Waals surface area contributed by atoms with E-state index in [1.165, 1.54) is 6.08 Å². The number of carbonyl (C=O) groups is 1. The van der Waals surface area contributed by atoms with Crippen molar-refractivity contribution < 1.29 is 13.2 Å². The maximum Gasteiger partial charge on any atom is 0.241 e. The molecule has 21 heavy (non-hydrogen) atoms. The van der Waals surface area contributed by atoms with Crippen molar-refractivity contribution >= 4 is 15.9 Å². The zero-order chi connectivity index (χ0) is 16.1. The van der Waals surface area contributed by atoms with Gasteiger partial charge in [0.2, 0.25) is 15.9 Å². The van der Waals surface area contributed by atoms with Gasteiger partial charge in [-0.15, -0.1) is 6.58 Å². The van der Waals surface area contributed by atoms with E-state index in [0.717, 1.165) is 5.56 Å². The van der Waals surface area contributed by atoms with Crippen molar-refractivity contribution in [3.63, 3.8) is 0 Å². The van der Waals surface area contributed by atoms with Gasteiger partial charge in [0.25, 0.3) is 0 Å². The summed E-state index contributed by atoms with van der Waals surface area (Å²) in [6, 6.07) is 6.66. The van der Waals surface area contributed by atoms with Gasteiger partial charge in [-0.05, 0) is 23.1 Å². The topological polar surface area (TPSA) is 75.3 Å². The summed E-state index contributed by atoms with van der Waals surface area (Å²) in [5.41, 5.74) is 1.01. The predicted molar refractivity (Wildman–Crippen MR) is 83.5 cm³/mol. The summed E-state index contributed by atoms with van der Waals surface area (Å²) in [4.78, 5) is 11.5. The van der Waals surface area contributed by atoms with Crippen LogP contribution >= 0.6 is 0 Å². The standard InChI is InChI=1S/C15H22N2O3S/c1-5-10-16-14(18)11-17-21(19,20)13-8-6-12(7-9-13)15(2,3)4/h5-9,17H,1,10-11H2,2-4H3,(H,16,18). The molecule has 0 saturated carbocycles. The molecule has 5 nitrogen and oxygen atoms in total. The molecule has 1 aromatic carbocycles. The van der Waals surface area contributed by atoms with Crippen molar-refractivity contribution in [3.8, 4) is 0 Å². The van der Waals surface area contributed by atoms with Gasteiger partial charge in [-0.25, -0.2) is 13.1 Å². The predicted octanol–water partition coefficient (Wildman–Crippen LogP) is 1.56. The second-order valence-corrected chi connectivity index (χ2v) is 7.46. The summed E-state index contributed by atoms with van der Waals surface area (Å²) in [6.45, 7) is 9.64. The summed E-state index contributed by atoms with van der Waals surface area (Å²) in [5, 5.41) is 2.50. The van der Waals surface area contributed by atoms with E-state index in [2.05, 4.69) is 37.4 Å². The fourth-order valence-electron chi connectivity index (χ4n) is 1.63. The van der Waals surface area contributed by atoms with E-state index in [0.29, 0.717) is 6.54 Å². The molecule has 0 heterocycles. The van der Waals surface area contributed by atoms with Crippen LogP contribution in [0.5, 0.6) is 0 Å². The minimum absolute atomic E-state index is 0.0414. The molecule has 0 atom stereocenters.